The number of carbonyl (C=O) groups is 1. The number of nitrogens with zero attached hydrogens (tertiary/aromatic N) is 2. The second-order valence-corrected chi connectivity index (χ2v) is 8.92. The third kappa shape index (κ3) is 13.8. The van der Waals surface area contributed by atoms with Crippen LogP contribution in [-0.2, 0) is 9.53 Å². The number of nitrogens with two attached hydrogens (primary N) is 2. The molecule has 0 fully saturated rings. The first kappa shape index (κ1) is 30.5. The molecular formula is C25H42N6O3S. The molecule has 0 radical (unpaired) electrons. The van der Waals surface area contributed by atoms with Crippen molar-refractivity contribution in [3.63, 3.8) is 0 Å². The second-order valence-electron chi connectivity index (χ2n) is 7.86. The van der Waals surface area contributed by atoms with Gasteiger partial charge in [0.1, 0.15) is 18.5 Å². The van der Waals surface area contributed by atoms with Gasteiger partial charge in [0.2, 0.25) is 0 Å². The van der Waals surface area contributed by atoms with E-state index >= 15 is 0 Å². The van der Waals surface area contributed by atoms with Crippen LogP contribution in [0.1, 0.15) is 46.5 Å². The Balaban J connectivity index is 2.36. The van der Waals surface area contributed by atoms with Crippen molar-refractivity contribution in [1.29, 1.82) is 0 Å². The van der Waals surface area contributed by atoms with Gasteiger partial charge >= 0.3 is 0 Å². The summed E-state index contributed by atoms with van der Waals surface area (Å²) in [5, 5.41) is 16.2. The van der Waals surface area contributed by atoms with E-state index in [4.69, 9.17) is 16.2 Å². The summed E-state index contributed by atoms with van der Waals surface area (Å²) in [6.45, 7) is 8.19. The Hall–Kier alpha value is -2.56. The molecule has 9 nitrogen and oxygen atoms in total. The number of rotatable bonds is 12. The Morgan fingerprint density at radius 1 is 1.23 bits per heavy atom. The maximum atomic E-state index is 12.7. The van der Waals surface area contributed by atoms with E-state index in [0.717, 1.165) is 29.9 Å². The maximum absolute atomic E-state index is 12.7. The van der Waals surface area contributed by atoms with E-state index in [1.54, 1.807) is 17.8 Å². The average molecular weight is 507 g/mol. The van der Waals surface area contributed by atoms with Crippen molar-refractivity contribution in [2.24, 2.45) is 21.5 Å². The lowest BCUT2D eigenvalue weighted by Crippen LogP contribution is -2.41. The summed E-state index contributed by atoms with van der Waals surface area (Å²) in [6.07, 6.45) is 11.7. The summed E-state index contributed by atoms with van der Waals surface area (Å²) < 4.78 is 5.77. The van der Waals surface area contributed by atoms with Crippen LogP contribution in [0.4, 0.5) is 0 Å². The average Bonchev–Trinajstić information content (AvgIpc) is 2.83. The number of aliphatic hydroxyl groups is 1. The Bertz CT molecular complexity index is 833. The summed E-state index contributed by atoms with van der Waals surface area (Å²) in [5.41, 5.74) is 12.2. The Morgan fingerprint density at radius 2 is 1.94 bits per heavy atom. The van der Waals surface area contributed by atoms with Gasteiger partial charge < -0.3 is 26.6 Å². The van der Waals surface area contributed by atoms with Crippen LogP contribution >= 0.6 is 11.8 Å². The molecule has 0 amide bonds. The summed E-state index contributed by atoms with van der Waals surface area (Å²) in [7, 11) is 0. The highest BCUT2D eigenvalue weighted by Crippen LogP contribution is 2.27. The number of guanidine groups is 2. The molecule has 0 aliphatic carbocycles. The number of hydrogen-bond acceptors (Lipinski definition) is 7. The molecule has 1 atom stereocenters. The van der Waals surface area contributed by atoms with Crippen LogP contribution in [-0.4, -0.2) is 67.5 Å². The van der Waals surface area contributed by atoms with Crippen LogP contribution in [0.15, 0.2) is 56.6 Å². The normalized spacial score (nSPS) is 21.5. The van der Waals surface area contributed by atoms with Crippen molar-refractivity contribution < 1.29 is 14.6 Å². The zero-order chi connectivity index (χ0) is 25.9. The fourth-order valence-corrected chi connectivity index (χ4v) is 3.98. The van der Waals surface area contributed by atoms with Gasteiger partial charge in [-0.15, -0.1) is 11.8 Å². The Labute approximate surface area is 213 Å². The molecule has 1 heterocycles. The topological polar surface area (TPSA) is 147 Å². The standard InChI is InChI=1S/C25H42N6O3S/c1-4-7-13-29-24(26)31-25(27)30-14-10-12-28-17-19(32)18-34-20-11-8-9-15-35-23(6-3)21(5-2)22(33)16-20/h5-6,8-9,11,19,28,32H,4,7,10,12-18H2,1-3H3,(H5,26,27,29,30,31)/b9-8-,20-11+,21-5-,23-6+. The molecule has 0 saturated carbocycles. The number of allylic oxidation sites excluding steroid dienone is 6. The number of thioether (sulfide) groups is 1. The molecule has 7 N–H and O–H groups in total. The molecule has 10 heteroatoms. The molecule has 0 aromatic carbocycles. The minimum absolute atomic E-state index is 0.00516. The van der Waals surface area contributed by atoms with Crippen LogP contribution in [0.25, 0.3) is 0 Å². The number of hydrogen-bond donors (Lipinski definition) is 5. The summed E-state index contributed by atoms with van der Waals surface area (Å²) >= 11 is 1.64. The van der Waals surface area contributed by atoms with E-state index < -0.39 is 6.10 Å². The lowest BCUT2D eigenvalue weighted by atomic mass is 10.1. The largest absolute Gasteiger partial charge is 0.495 e. The molecule has 1 rings (SSSR count). The van der Waals surface area contributed by atoms with Crippen molar-refractivity contribution in [3.05, 3.63) is 46.6 Å². The van der Waals surface area contributed by atoms with Crippen LogP contribution in [0.2, 0.25) is 0 Å². The number of ketones is 1. The van der Waals surface area contributed by atoms with Gasteiger partial charge in [-0.25, -0.2) is 0 Å². The molecular weight excluding hydrogens is 464 g/mol. The van der Waals surface area contributed by atoms with Crippen molar-refractivity contribution >= 4 is 29.5 Å². The second kappa shape index (κ2) is 18.7. The molecule has 1 aliphatic heterocycles. The monoisotopic (exact) mass is 506 g/mol. The van der Waals surface area contributed by atoms with Gasteiger partial charge in [0.15, 0.2) is 17.7 Å². The zero-order valence-electron chi connectivity index (χ0n) is 21.3. The third-order valence-corrected chi connectivity index (χ3v) is 6.02. The molecule has 0 aromatic heterocycles. The molecule has 1 aliphatic rings. The molecule has 0 aromatic rings. The number of aliphatic imine (C=N–C) groups is 2. The molecule has 0 spiro atoms. The van der Waals surface area contributed by atoms with Crippen LogP contribution in [0.5, 0.6) is 0 Å². The van der Waals surface area contributed by atoms with E-state index in [0.29, 0.717) is 37.5 Å². The van der Waals surface area contributed by atoms with Gasteiger partial charge in [0.25, 0.3) is 0 Å². The first-order valence-electron chi connectivity index (χ1n) is 12.1. The zero-order valence-corrected chi connectivity index (χ0v) is 22.1. The van der Waals surface area contributed by atoms with Crippen LogP contribution in [0, 0.1) is 0 Å². The van der Waals surface area contributed by atoms with Crippen LogP contribution < -0.4 is 22.1 Å². The Morgan fingerprint density at radius 3 is 2.60 bits per heavy atom. The first-order valence-corrected chi connectivity index (χ1v) is 13.1. The fourth-order valence-electron chi connectivity index (χ4n) is 3.04. The Kier molecular flexibility index (Phi) is 16.3. The highest BCUT2D eigenvalue weighted by molar-refractivity contribution is 8.03. The number of carbonyl (C=O) groups excluding carboxylic acids is 1. The SMILES string of the molecule is C/C=C1/C(=O)C/C(OCC(O)CNCCCN=C(N)NC(N)=NCCCC)=C\C=C/CS/C1=C/C. The fraction of sp³-hybridized carbons (Fsp3) is 0.560. The van der Waals surface area contributed by atoms with E-state index in [1.807, 2.05) is 38.2 Å². The summed E-state index contributed by atoms with van der Waals surface area (Å²) in [6, 6.07) is 0. The van der Waals surface area contributed by atoms with Crippen molar-refractivity contribution in [3.8, 4) is 0 Å². The highest BCUT2D eigenvalue weighted by Gasteiger charge is 2.17. The van der Waals surface area contributed by atoms with E-state index in [1.165, 1.54) is 0 Å². The van der Waals surface area contributed by atoms with Gasteiger partial charge in [-0.05, 0) is 39.3 Å². The lowest BCUT2D eigenvalue weighted by Gasteiger charge is -2.17. The van der Waals surface area contributed by atoms with Gasteiger partial charge in [-0.1, -0.05) is 37.6 Å². The van der Waals surface area contributed by atoms with Gasteiger partial charge in [0, 0.05) is 35.9 Å². The van der Waals surface area contributed by atoms with Crippen molar-refractivity contribution in [2.45, 2.75) is 52.6 Å². The van der Waals surface area contributed by atoms with E-state index in [2.05, 4.69) is 27.5 Å². The first-order chi connectivity index (χ1) is 16.9. The molecule has 0 saturated heterocycles. The third-order valence-electron chi connectivity index (χ3n) is 4.89. The van der Waals surface area contributed by atoms with Crippen LogP contribution in [0.3, 0.4) is 0 Å². The van der Waals surface area contributed by atoms with Crippen molar-refractivity contribution in [2.75, 3.05) is 38.5 Å². The number of unbranched alkanes of at least 4 members (excludes halogenated alkanes) is 1. The predicted molar refractivity (Wildman–Crippen MR) is 147 cm³/mol. The minimum Gasteiger partial charge on any atom is -0.495 e. The summed E-state index contributed by atoms with van der Waals surface area (Å²) in [4.78, 5) is 22.1. The summed E-state index contributed by atoms with van der Waals surface area (Å²) in [5.74, 6) is 1.82. The number of Topliss-reactive ketones (excluding diaryl/α,β-unsaturated/α-hetero) is 1. The minimum atomic E-state index is -0.706. The number of nitrogens with one attached hydrogen (secondary N) is 2. The molecule has 35 heavy (non-hydrogen) atoms. The maximum Gasteiger partial charge on any atom is 0.195 e. The van der Waals surface area contributed by atoms with Crippen molar-refractivity contribution in [1.82, 2.24) is 10.6 Å². The smallest absolute Gasteiger partial charge is 0.195 e. The molecule has 0 bridgehead atoms. The van der Waals surface area contributed by atoms with Gasteiger partial charge in [0.05, 0.1) is 6.42 Å². The number of aliphatic hydroxyl groups excluding tert-OH is 1. The quantitative estimate of drug-likeness (QED) is 0.117. The van der Waals surface area contributed by atoms with E-state index in [9.17, 15) is 9.90 Å². The molecule has 196 valence electrons. The lowest BCUT2D eigenvalue weighted by molar-refractivity contribution is -0.115. The number of ether oxygens (including phenoxy) is 1. The molecule has 1 unspecified atom stereocenters. The van der Waals surface area contributed by atoms with E-state index in [-0.39, 0.29) is 30.7 Å². The predicted octanol–water partition coefficient (Wildman–Crippen LogP) is 2.36. The highest BCUT2D eigenvalue weighted by atomic mass is 32.2. The van der Waals surface area contributed by atoms with Gasteiger partial charge in [-0.3, -0.25) is 20.1 Å². The van der Waals surface area contributed by atoms with Gasteiger partial charge in [-0.2, -0.15) is 0 Å².